The Morgan fingerprint density at radius 3 is 2.39 bits per heavy atom. The molecular formula is C26H28N4O5S. The van der Waals surface area contributed by atoms with Crippen LogP contribution in [0.15, 0.2) is 48.0 Å². The Morgan fingerprint density at radius 2 is 1.72 bits per heavy atom. The van der Waals surface area contributed by atoms with E-state index in [-0.39, 0.29) is 12.2 Å². The number of hydrogen-bond acceptors (Lipinski definition) is 9. The zero-order chi connectivity index (χ0) is 25.8. The number of amides is 1. The average Bonchev–Trinajstić information content (AvgIpc) is 3.35. The van der Waals surface area contributed by atoms with Gasteiger partial charge in [-0.1, -0.05) is 42.9 Å². The molecule has 9 nitrogen and oxygen atoms in total. The molecule has 1 N–H and O–H groups in total. The highest BCUT2D eigenvalue weighted by Crippen LogP contribution is 2.30. The molecule has 3 aromatic rings. The number of carbonyl (C=O) groups excluding carboxylic acids is 1. The third-order valence-electron chi connectivity index (χ3n) is 4.96. The van der Waals surface area contributed by atoms with Gasteiger partial charge in [-0.3, -0.25) is 10.1 Å². The topological polar surface area (TPSA) is 116 Å². The Kier molecular flexibility index (Phi) is 10.1. The first-order chi connectivity index (χ1) is 17.6. The van der Waals surface area contributed by atoms with Crippen molar-refractivity contribution in [3.8, 4) is 29.1 Å². The number of nitrogens with zero attached hydrogens (tertiary/aromatic N) is 3. The Hall–Kier alpha value is -4.10. The number of rotatable bonds is 13. The highest BCUT2D eigenvalue weighted by atomic mass is 32.1. The monoisotopic (exact) mass is 508 g/mol. The maximum absolute atomic E-state index is 12.6. The normalized spacial score (nSPS) is 10.9. The van der Waals surface area contributed by atoms with Gasteiger partial charge in [-0.05, 0) is 42.3 Å². The summed E-state index contributed by atoms with van der Waals surface area (Å²) in [6.07, 6.45) is 4.34. The van der Waals surface area contributed by atoms with Crippen LogP contribution in [0.1, 0.15) is 30.3 Å². The lowest BCUT2D eigenvalue weighted by Crippen LogP contribution is -2.13. The fraction of sp³-hybridized carbons (Fsp3) is 0.308. The van der Waals surface area contributed by atoms with Gasteiger partial charge in [-0.25, -0.2) is 0 Å². The number of hydrogen-bond donors (Lipinski definition) is 1. The van der Waals surface area contributed by atoms with Crippen LogP contribution in [-0.4, -0.2) is 43.5 Å². The van der Waals surface area contributed by atoms with E-state index in [1.807, 2.05) is 30.3 Å². The Morgan fingerprint density at radius 1 is 1.03 bits per heavy atom. The van der Waals surface area contributed by atoms with Gasteiger partial charge >= 0.3 is 0 Å². The summed E-state index contributed by atoms with van der Waals surface area (Å²) in [5, 5.41) is 21.4. The molecule has 2 aromatic carbocycles. The molecule has 0 bridgehead atoms. The van der Waals surface area contributed by atoms with Gasteiger partial charge in [-0.15, -0.1) is 10.2 Å². The number of nitrogens with one attached hydrogen (secondary N) is 1. The van der Waals surface area contributed by atoms with Crippen LogP contribution >= 0.6 is 11.3 Å². The second kappa shape index (κ2) is 13.7. The number of nitriles is 1. The van der Waals surface area contributed by atoms with Crippen LogP contribution in [0.5, 0.6) is 23.0 Å². The molecule has 10 heteroatoms. The summed E-state index contributed by atoms with van der Waals surface area (Å²) in [5.41, 5.74) is 0.540. The molecule has 3 rings (SSSR count). The number of ether oxygens (including phenoxy) is 4. The van der Waals surface area contributed by atoms with E-state index in [1.54, 1.807) is 25.3 Å². The molecule has 0 radical (unpaired) electrons. The van der Waals surface area contributed by atoms with E-state index >= 15 is 0 Å². The van der Waals surface area contributed by atoms with Crippen LogP contribution < -0.4 is 24.3 Å². The number of anilines is 1. The van der Waals surface area contributed by atoms with Gasteiger partial charge in [0, 0.05) is 6.42 Å². The standard InChI is InChI=1S/C26H28N4O5S/c1-4-5-10-24-29-30-26(36-24)28-25(31)19(17-27)15-18-11-12-22(23(16-18)33-3)35-14-13-34-21-9-7-6-8-20(21)32-2/h6-9,11-12,15-16H,4-5,10,13-14H2,1-3H3,(H,28,30,31)/b19-15-. The van der Waals surface area contributed by atoms with Crippen LogP contribution in [0.3, 0.4) is 0 Å². The van der Waals surface area contributed by atoms with E-state index in [0.29, 0.717) is 40.3 Å². The summed E-state index contributed by atoms with van der Waals surface area (Å²) in [6.45, 7) is 2.67. The number of para-hydroxylation sites is 2. The predicted octanol–water partition coefficient (Wildman–Crippen LogP) is 4.90. The van der Waals surface area contributed by atoms with Crippen molar-refractivity contribution in [2.24, 2.45) is 0 Å². The van der Waals surface area contributed by atoms with Gasteiger partial charge in [0.2, 0.25) is 5.13 Å². The van der Waals surface area contributed by atoms with Crippen molar-refractivity contribution in [3.63, 3.8) is 0 Å². The van der Waals surface area contributed by atoms with Crippen molar-refractivity contribution < 1.29 is 23.7 Å². The average molecular weight is 509 g/mol. The smallest absolute Gasteiger partial charge is 0.268 e. The SMILES string of the molecule is CCCCc1nnc(NC(=O)/C(C#N)=C\c2ccc(OCCOc3ccccc3OC)c(OC)c2)s1. The van der Waals surface area contributed by atoms with Gasteiger partial charge in [0.25, 0.3) is 5.91 Å². The molecule has 0 aliphatic carbocycles. The largest absolute Gasteiger partial charge is 0.493 e. The molecule has 0 saturated carbocycles. The molecule has 1 aromatic heterocycles. The van der Waals surface area contributed by atoms with Crippen LogP contribution in [-0.2, 0) is 11.2 Å². The van der Waals surface area contributed by atoms with Crippen molar-refractivity contribution in [2.75, 3.05) is 32.8 Å². The molecular weight excluding hydrogens is 480 g/mol. The third-order valence-corrected chi connectivity index (χ3v) is 5.86. The van der Waals surface area contributed by atoms with Crippen LogP contribution in [0.25, 0.3) is 6.08 Å². The summed E-state index contributed by atoms with van der Waals surface area (Å²) >= 11 is 1.31. The zero-order valence-corrected chi connectivity index (χ0v) is 21.3. The van der Waals surface area contributed by atoms with Gasteiger partial charge in [0.15, 0.2) is 23.0 Å². The fourth-order valence-corrected chi connectivity index (χ4v) is 3.92. The zero-order valence-electron chi connectivity index (χ0n) is 20.4. The number of methoxy groups -OCH3 is 2. The van der Waals surface area contributed by atoms with Crippen molar-refractivity contribution in [1.82, 2.24) is 10.2 Å². The van der Waals surface area contributed by atoms with Gasteiger partial charge in [-0.2, -0.15) is 5.26 Å². The second-order valence-electron chi connectivity index (χ2n) is 7.49. The van der Waals surface area contributed by atoms with Gasteiger partial charge in [0.05, 0.1) is 14.2 Å². The highest BCUT2D eigenvalue weighted by Gasteiger charge is 2.14. The summed E-state index contributed by atoms with van der Waals surface area (Å²) in [5.74, 6) is 1.69. The van der Waals surface area contributed by atoms with E-state index in [0.717, 1.165) is 24.3 Å². The first-order valence-electron chi connectivity index (χ1n) is 11.4. The molecule has 0 unspecified atom stereocenters. The Bertz CT molecular complexity index is 1240. The highest BCUT2D eigenvalue weighted by molar-refractivity contribution is 7.15. The maximum Gasteiger partial charge on any atom is 0.268 e. The lowest BCUT2D eigenvalue weighted by Gasteiger charge is -2.13. The minimum atomic E-state index is -0.552. The quantitative estimate of drug-likeness (QED) is 0.197. The van der Waals surface area contributed by atoms with E-state index < -0.39 is 5.91 Å². The van der Waals surface area contributed by atoms with Crippen molar-refractivity contribution in [2.45, 2.75) is 26.2 Å². The molecule has 0 atom stereocenters. The molecule has 0 saturated heterocycles. The molecule has 1 amide bonds. The summed E-state index contributed by atoms with van der Waals surface area (Å²) in [4.78, 5) is 12.6. The number of benzene rings is 2. The Balaban J connectivity index is 1.61. The third kappa shape index (κ3) is 7.45. The van der Waals surface area contributed by atoms with E-state index in [2.05, 4.69) is 22.4 Å². The van der Waals surface area contributed by atoms with Crippen LogP contribution in [0.2, 0.25) is 0 Å². The lowest BCUT2D eigenvalue weighted by atomic mass is 10.1. The molecule has 0 spiro atoms. The molecule has 1 heterocycles. The molecule has 36 heavy (non-hydrogen) atoms. The Labute approximate surface area is 214 Å². The number of aryl methyl sites for hydroxylation is 1. The lowest BCUT2D eigenvalue weighted by molar-refractivity contribution is -0.112. The summed E-state index contributed by atoms with van der Waals surface area (Å²) < 4.78 is 22.2. The molecule has 0 fully saturated rings. The van der Waals surface area contributed by atoms with E-state index in [9.17, 15) is 10.1 Å². The summed E-state index contributed by atoms with van der Waals surface area (Å²) in [6, 6.07) is 14.4. The van der Waals surface area contributed by atoms with Gasteiger partial charge in [0.1, 0.15) is 29.9 Å². The van der Waals surface area contributed by atoms with Crippen molar-refractivity contribution in [1.29, 1.82) is 5.26 Å². The maximum atomic E-state index is 12.6. The fourth-order valence-electron chi connectivity index (χ4n) is 3.15. The molecule has 188 valence electrons. The minimum absolute atomic E-state index is 0.0683. The van der Waals surface area contributed by atoms with Gasteiger partial charge < -0.3 is 18.9 Å². The van der Waals surface area contributed by atoms with E-state index in [4.69, 9.17) is 18.9 Å². The molecule has 0 aliphatic rings. The van der Waals surface area contributed by atoms with E-state index in [1.165, 1.54) is 24.5 Å². The number of aromatic nitrogens is 2. The predicted molar refractivity (Wildman–Crippen MR) is 138 cm³/mol. The van der Waals surface area contributed by atoms with Crippen molar-refractivity contribution >= 4 is 28.5 Å². The number of carbonyl (C=O) groups is 1. The number of unbranched alkanes of at least 4 members (excludes halogenated alkanes) is 1. The molecule has 0 aliphatic heterocycles. The minimum Gasteiger partial charge on any atom is -0.493 e. The summed E-state index contributed by atoms with van der Waals surface area (Å²) in [7, 11) is 3.10. The van der Waals surface area contributed by atoms with Crippen molar-refractivity contribution in [3.05, 3.63) is 58.6 Å². The first kappa shape index (κ1) is 26.5. The second-order valence-corrected chi connectivity index (χ2v) is 8.55. The first-order valence-corrected chi connectivity index (χ1v) is 12.2. The van der Waals surface area contributed by atoms with Crippen LogP contribution in [0, 0.1) is 11.3 Å². The van der Waals surface area contributed by atoms with Crippen LogP contribution in [0.4, 0.5) is 5.13 Å².